The minimum absolute atomic E-state index is 0.260. The van der Waals surface area contributed by atoms with Gasteiger partial charge in [-0.05, 0) is 41.5 Å². The summed E-state index contributed by atoms with van der Waals surface area (Å²) in [5, 5.41) is 0. The van der Waals surface area contributed by atoms with Crippen molar-refractivity contribution in [2.24, 2.45) is 0 Å². The van der Waals surface area contributed by atoms with Crippen LogP contribution in [0, 0.1) is 0 Å². The van der Waals surface area contributed by atoms with Gasteiger partial charge in [-0.15, -0.1) is 0 Å². The molecule has 0 aliphatic carbocycles. The number of benzene rings is 1. The third kappa shape index (κ3) is 3.02. The van der Waals surface area contributed by atoms with E-state index in [0.717, 1.165) is 13.1 Å². The van der Waals surface area contributed by atoms with Crippen LogP contribution in [-0.4, -0.2) is 49.8 Å². The molecular formula is C13H19BrN2O2S. The molecule has 4 nitrogen and oxygen atoms in total. The highest BCUT2D eigenvalue weighted by molar-refractivity contribution is 9.10. The van der Waals surface area contributed by atoms with Gasteiger partial charge < -0.3 is 0 Å². The minimum Gasteiger partial charge on any atom is -0.298 e. The van der Waals surface area contributed by atoms with E-state index in [0.29, 0.717) is 22.5 Å². The van der Waals surface area contributed by atoms with Crippen molar-refractivity contribution in [3.63, 3.8) is 0 Å². The van der Waals surface area contributed by atoms with Crippen LogP contribution >= 0.6 is 15.9 Å². The Morgan fingerprint density at radius 1 is 1.32 bits per heavy atom. The number of piperazine rings is 1. The van der Waals surface area contributed by atoms with E-state index in [1.165, 1.54) is 0 Å². The molecule has 1 heterocycles. The van der Waals surface area contributed by atoms with Crippen molar-refractivity contribution >= 4 is 26.0 Å². The fraction of sp³-hybridized carbons (Fsp3) is 0.538. The van der Waals surface area contributed by atoms with Crippen LogP contribution in [0.5, 0.6) is 0 Å². The zero-order valence-electron chi connectivity index (χ0n) is 11.2. The average molecular weight is 347 g/mol. The molecule has 1 atom stereocenters. The molecule has 1 aliphatic rings. The second-order valence-corrected chi connectivity index (χ2v) is 7.53. The normalized spacial score (nSPS) is 22.6. The molecule has 0 spiro atoms. The summed E-state index contributed by atoms with van der Waals surface area (Å²) in [4.78, 5) is 2.65. The summed E-state index contributed by atoms with van der Waals surface area (Å²) < 4.78 is 27.5. The van der Waals surface area contributed by atoms with E-state index in [1.54, 1.807) is 22.5 Å². The number of sulfonamides is 1. The van der Waals surface area contributed by atoms with Crippen LogP contribution in [0.3, 0.4) is 0 Å². The number of halogens is 1. The van der Waals surface area contributed by atoms with Gasteiger partial charge in [-0.25, -0.2) is 8.42 Å². The molecule has 0 aromatic heterocycles. The zero-order valence-corrected chi connectivity index (χ0v) is 13.6. The molecule has 19 heavy (non-hydrogen) atoms. The van der Waals surface area contributed by atoms with Crippen LogP contribution in [0.1, 0.15) is 13.8 Å². The monoisotopic (exact) mass is 346 g/mol. The van der Waals surface area contributed by atoms with Crippen LogP contribution in [0.4, 0.5) is 0 Å². The molecule has 106 valence electrons. The third-order valence-corrected chi connectivity index (χ3v) is 6.47. The first-order chi connectivity index (χ1) is 8.96. The van der Waals surface area contributed by atoms with Gasteiger partial charge in [0.15, 0.2) is 0 Å². The first-order valence-electron chi connectivity index (χ1n) is 6.45. The molecule has 0 saturated carbocycles. The lowest BCUT2D eigenvalue weighted by atomic mass is 10.2. The summed E-state index contributed by atoms with van der Waals surface area (Å²) in [6, 6.07) is 7.25. The summed E-state index contributed by atoms with van der Waals surface area (Å²) in [7, 11) is -3.40. The predicted molar refractivity (Wildman–Crippen MR) is 79.6 cm³/mol. The van der Waals surface area contributed by atoms with Crippen molar-refractivity contribution in [2.75, 3.05) is 26.2 Å². The molecular weight excluding hydrogens is 328 g/mol. The number of likely N-dealkylation sites (N-methyl/N-ethyl adjacent to an activating group) is 1. The first kappa shape index (κ1) is 15.0. The fourth-order valence-electron chi connectivity index (χ4n) is 2.44. The SMILES string of the molecule is CCN1CCN(S(=O)(=O)c2ccccc2Br)CC1C. The summed E-state index contributed by atoms with van der Waals surface area (Å²) in [6.07, 6.45) is 0. The summed E-state index contributed by atoms with van der Waals surface area (Å²) >= 11 is 3.32. The molecule has 2 rings (SSSR count). The first-order valence-corrected chi connectivity index (χ1v) is 8.69. The summed E-state index contributed by atoms with van der Waals surface area (Å²) in [5.41, 5.74) is 0. The third-order valence-electron chi connectivity index (χ3n) is 3.59. The van der Waals surface area contributed by atoms with Gasteiger partial charge in [-0.2, -0.15) is 4.31 Å². The van der Waals surface area contributed by atoms with Crippen molar-refractivity contribution in [1.82, 2.24) is 9.21 Å². The maximum atomic E-state index is 12.6. The van der Waals surface area contributed by atoms with Gasteiger partial charge >= 0.3 is 0 Å². The molecule has 0 amide bonds. The highest BCUT2D eigenvalue weighted by Gasteiger charge is 2.32. The second-order valence-electron chi connectivity index (χ2n) is 4.77. The van der Waals surface area contributed by atoms with Gasteiger partial charge in [-0.3, -0.25) is 4.90 Å². The second kappa shape index (κ2) is 5.91. The summed E-state index contributed by atoms with van der Waals surface area (Å²) in [6.45, 7) is 7.05. The van der Waals surface area contributed by atoms with E-state index in [-0.39, 0.29) is 6.04 Å². The molecule has 1 unspecified atom stereocenters. The van der Waals surface area contributed by atoms with Crippen molar-refractivity contribution in [2.45, 2.75) is 24.8 Å². The van der Waals surface area contributed by atoms with Gasteiger partial charge in [0.2, 0.25) is 10.0 Å². The van der Waals surface area contributed by atoms with Crippen LogP contribution in [0.2, 0.25) is 0 Å². The molecule has 0 N–H and O–H groups in total. The molecule has 1 aliphatic heterocycles. The van der Waals surface area contributed by atoms with Gasteiger partial charge in [0.1, 0.15) is 0 Å². The van der Waals surface area contributed by atoms with Crippen molar-refractivity contribution in [1.29, 1.82) is 0 Å². The Balaban J connectivity index is 2.25. The smallest absolute Gasteiger partial charge is 0.244 e. The number of hydrogen-bond donors (Lipinski definition) is 0. The quantitative estimate of drug-likeness (QED) is 0.841. The van der Waals surface area contributed by atoms with Crippen LogP contribution in [-0.2, 0) is 10.0 Å². The van der Waals surface area contributed by atoms with Gasteiger partial charge in [0, 0.05) is 30.1 Å². The van der Waals surface area contributed by atoms with Gasteiger partial charge in [0.05, 0.1) is 4.90 Å². The van der Waals surface area contributed by atoms with Crippen molar-refractivity contribution in [3.8, 4) is 0 Å². The molecule has 0 bridgehead atoms. The lowest BCUT2D eigenvalue weighted by Gasteiger charge is -2.38. The number of rotatable bonds is 3. The van der Waals surface area contributed by atoms with E-state index in [9.17, 15) is 8.42 Å². The van der Waals surface area contributed by atoms with E-state index < -0.39 is 10.0 Å². The minimum atomic E-state index is -3.40. The van der Waals surface area contributed by atoms with E-state index >= 15 is 0 Å². The lowest BCUT2D eigenvalue weighted by molar-refractivity contribution is 0.135. The summed E-state index contributed by atoms with van der Waals surface area (Å²) in [5.74, 6) is 0. The Morgan fingerprint density at radius 3 is 2.58 bits per heavy atom. The predicted octanol–water partition coefficient (Wildman–Crippen LogP) is 2.16. The molecule has 1 saturated heterocycles. The lowest BCUT2D eigenvalue weighted by Crippen LogP contribution is -2.53. The molecule has 1 aromatic rings. The van der Waals surface area contributed by atoms with Crippen LogP contribution in [0.25, 0.3) is 0 Å². The van der Waals surface area contributed by atoms with Crippen molar-refractivity contribution < 1.29 is 8.42 Å². The standard InChI is InChI=1S/C13H19BrN2O2S/c1-3-15-8-9-16(10-11(15)2)19(17,18)13-7-5-4-6-12(13)14/h4-7,11H,3,8-10H2,1-2H3. The molecule has 0 radical (unpaired) electrons. The van der Waals surface area contributed by atoms with Gasteiger partial charge in [-0.1, -0.05) is 19.1 Å². The topological polar surface area (TPSA) is 40.6 Å². The largest absolute Gasteiger partial charge is 0.298 e. The average Bonchev–Trinajstić information content (AvgIpc) is 2.39. The van der Waals surface area contributed by atoms with E-state index in [1.807, 2.05) is 6.07 Å². The fourth-order valence-corrected chi connectivity index (χ4v) is 4.92. The Bertz CT molecular complexity index is 547. The van der Waals surface area contributed by atoms with E-state index in [2.05, 4.69) is 34.7 Å². The Labute approximate surface area is 123 Å². The van der Waals surface area contributed by atoms with E-state index in [4.69, 9.17) is 0 Å². The Morgan fingerprint density at radius 2 is 2.00 bits per heavy atom. The van der Waals surface area contributed by atoms with Gasteiger partial charge in [0.25, 0.3) is 0 Å². The highest BCUT2D eigenvalue weighted by Crippen LogP contribution is 2.26. The molecule has 6 heteroatoms. The Kier molecular flexibility index (Phi) is 4.66. The maximum absolute atomic E-state index is 12.6. The van der Waals surface area contributed by atoms with Crippen LogP contribution in [0.15, 0.2) is 33.6 Å². The Hall–Kier alpha value is -0.430. The highest BCUT2D eigenvalue weighted by atomic mass is 79.9. The molecule has 1 aromatic carbocycles. The van der Waals surface area contributed by atoms with Crippen LogP contribution < -0.4 is 0 Å². The number of hydrogen-bond acceptors (Lipinski definition) is 3. The number of nitrogens with zero attached hydrogens (tertiary/aromatic N) is 2. The molecule has 1 fully saturated rings. The van der Waals surface area contributed by atoms with Crippen molar-refractivity contribution in [3.05, 3.63) is 28.7 Å². The zero-order chi connectivity index (χ0) is 14.0. The maximum Gasteiger partial charge on any atom is 0.244 e.